The van der Waals surface area contributed by atoms with E-state index in [1.54, 1.807) is 0 Å². The number of allylic oxidation sites excluding steroid dienone is 3. The van der Waals surface area contributed by atoms with E-state index in [-0.39, 0.29) is 17.9 Å². The Morgan fingerprint density at radius 1 is 1.10 bits per heavy atom. The van der Waals surface area contributed by atoms with E-state index >= 15 is 0 Å². The molecule has 0 aromatic heterocycles. The van der Waals surface area contributed by atoms with Crippen LogP contribution in [0.25, 0.3) is 0 Å². The summed E-state index contributed by atoms with van der Waals surface area (Å²) in [5.74, 6) is 0.396. The molecule has 1 amide bonds. The number of carbonyl (C=O) groups excluding carboxylic acids is 1. The normalized spacial score (nSPS) is 13.3. The van der Waals surface area contributed by atoms with Crippen molar-refractivity contribution in [3.8, 4) is 0 Å². The first-order valence-corrected chi connectivity index (χ1v) is 7.89. The van der Waals surface area contributed by atoms with Gasteiger partial charge in [0.1, 0.15) is 0 Å². The first kappa shape index (κ1) is 18.9. The van der Waals surface area contributed by atoms with E-state index in [1.807, 2.05) is 11.8 Å². The van der Waals surface area contributed by atoms with Crippen LogP contribution in [0.2, 0.25) is 0 Å². The number of nitrogens with zero attached hydrogens (tertiary/aromatic N) is 1. The van der Waals surface area contributed by atoms with Crippen LogP contribution in [-0.2, 0) is 4.79 Å². The minimum absolute atomic E-state index is 0.122. The van der Waals surface area contributed by atoms with Crippen molar-refractivity contribution in [3.63, 3.8) is 0 Å². The van der Waals surface area contributed by atoms with Gasteiger partial charge in [-0.25, -0.2) is 0 Å². The van der Waals surface area contributed by atoms with Gasteiger partial charge >= 0.3 is 0 Å². The molecule has 0 aliphatic rings. The molecule has 20 heavy (non-hydrogen) atoms. The van der Waals surface area contributed by atoms with Gasteiger partial charge in [-0.2, -0.15) is 0 Å². The summed E-state index contributed by atoms with van der Waals surface area (Å²) in [6.45, 7) is 15.4. The van der Waals surface area contributed by atoms with Crippen LogP contribution in [0.4, 0.5) is 0 Å². The van der Waals surface area contributed by atoms with E-state index in [2.05, 4.69) is 53.7 Å². The maximum atomic E-state index is 12.3. The quantitative estimate of drug-likeness (QED) is 0.575. The van der Waals surface area contributed by atoms with Gasteiger partial charge in [-0.15, -0.1) is 0 Å². The molecule has 0 aliphatic heterocycles. The number of hydrogen-bond donors (Lipinski definition) is 0. The van der Waals surface area contributed by atoms with Crippen molar-refractivity contribution in [1.82, 2.24) is 4.90 Å². The lowest BCUT2D eigenvalue weighted by molar-refractivity contribution is -0.136. The number of hydrogen-bond acceptors (Lipinski definition) is 1. The second kappa shape index (κ2) is 9.79. The molecule has 0 saturated heterocycles. The van der Waals surface area contributed by atoms with Crippen molar-refractivity contribution < 1.29 is 4.79 Å². The SMILES string of the molecule is CCC(C)C(=O)N(C/C=C(/C)CCC=C(C)C)C(C)C. The summed E-state index contributed by atoms with van der Waals surface area (Å²) in [6, 6.07) is 0.262. The topological polar surface area (TPSA) is 20.3 Å². The summed E-state index contributed by atoms with van der Waals surface area (Å²) in [4.78, 5) is 14.3. The van der Waals surface area contributed by atoms with Crippen LogP contribution in [0.5, 0.6) is 0 Å². The Balaban J connectivity index is 4.53. The molecule has 0 radical (unpaired) electrons. The third kappa shape index (κ3) is 7.52. The first-order valence-electron chi connectivity index (χ1n) is 7.89. The van der Waals surface area contributed by atoms with E-state index in [0.717, 1.165) is 25.8 Å². The Morgan fingerprint density at radius 2 is 1.70 bits per heavy atom. The average molecular weight is 279 g/mol. The first-order chi connectivity index (χ1) is 9.29. The van der Waals surface area contributed by atoms with E-state index in [1.165, 1.54) is 11.1 Å². The van der Waals surface area contributed by atoms with Gasteiger partial charge in [-0.3, -0.25) is 4.79 Å². The fourth-order valence-electron chi connectivity index (χ4n) is 1.96. The molecule has 0 rings (SSSR count). The Labute approximate surface area is 125 Å². The molecule has 0 heterocycles. The van der Waals surface area contributed by atoms with Gasteiger partial charge in [-0.1, -0.05) is 37.1 Å². The van der Waals surface area contributed by atoms with Crippen LogP contribution < -0.4 is 0 Å². The van der Waals surface area contributed by atoms with Crippen molar-refractivity contribution in [3.05, 3.63) is 23.3 Å². The van der Waals surface area contributed by atoms with Crippen LogP contribution in [0.3, 0.4) is 0 Å². The predicted octanol–water partition coefficient (Wildman–Crippen LogP) is 4.96. The maximum Gasteiger partial charge on any atom is 0.225 e. The summed E-state index contributed by atoms with van der Waals surface area (Å²) in [6.07, 6.45) is 7.55. The molecule has 0 aliphatic carbocycles. The van der Waals surface area contributed by atoms with Crippen molar-refractivity contribution in [2.75, 3.05) is 6.54 Å². The molecule has 2 nitrogen and oxygen atoms in total. The zero-order valence-corrected chi connectivity index (χ0v) is 14.5. The molecular formula is C18H33NO. The number of carbonyl (C=O) groups is 1. The number of rotatable bonds is 8. The molecule has 1 unspecified atom stereocenters. The molecule has 0 fully saturated rings. The molecule has 0 spiro atoms. The molecule has 116 valence electrons. The zero-order chi connectivity index (χ0) is 15.7. The van der Waals surface area contributed by atoms with Crippen LogP contribution >= 0.6 is 0 Å². The van der Waals surface area contributed by atoms with Gasteiger partial charge in [0.05, 0.1) is 0 Å². The van der Waals surface area contributed by atoms with Crippen LogP contribution in [0, 0.1) is 5.92 Å². The minimum atomic E-state index is 0.122. The number of amides is 1. The predicted molar refractivity (Wildman–Crippen MR) is 88.7 cm³/mol. The van der Waals surface area contributed by atoms with Crippen molar-refractivity contribution in [2.24, 2.45) is 5.92 Å². The Morgan fingerprint density at radius 3 is 2.15 bits per heavy atom. The van der Waals surface area contributed by atoms with Crippen molar-refractivity contribution in [1.29, 1.82) is 0 Å². The summed E-state index contributed by atoms with van der Waals surface area (Å²) < 4.78 is 0. The monoisotopic (exact) mass is 279 g/mol. The van der Waals surface area contributed by atoms with E-state index in [4.69, 9.17) is 0 Å². The highest BCUT2D eigenvalue weighted by Crippen LogP contribution is 2.12. The highest BCUT2D eigenvalue weighted by atomic mass is 16.2. The van der Waals surface area contributed by atoms with Crippen molar-refractivity contribution in [2.45, 2.75) is 73.8 Å². The summed E-state index contributed by atoms with van der Waals surface area (Å²) in [5.41, 5.74) is 2.73. The third-order valence-corrected chi connectivity index (χ3v) is 3.67. The van der Waals surface area contributed by atoms with Gasteiger partial charge in [0.25, 0.3) is 0 Å². The van der Waals surface area contributed by atoms with E-state index in [0.29, 0.717) is 0 Å². The van der Waals surface area contributed by atoms with E-state index < -0.39 is 0 Å². The fraction of sp³-hybridized carbons (Fsp3) is 0.722. The van der Waals surface area contributed by atoms with Crippen LogP contribution in [0.1, 0.15) is 67.7 Å². The fourth-order valence-corrected chi connectivity index (χ4v) is 1.96. The Bertz CT molecular complexity index is 348. The molecular weight excluding hydrogens is 246 g/mol. The van der Waals surface area contributed by atoms with Gasteiger partial charge in [0.15, 0.2) is 0 Å². The van der Waals surface area contributed by atoms with Crippen LogP contribution in [-0.4, -0.2) is 23.4 Å². The summed E-state index contributed by atoms with van der Waals surface area (Å²) in [7, 11) is 0. The van der Waals surface area contributed by atoms with Gasteiger partial charge in [0, 0.05) is 18.5 Å². The largest absolute Gasteiger partial charge is 0.336 e. The third-order valence-electron chi connectivity index (χ3n) is 3.67. The molecule has 0 aromatic carbocycles. The molecule has 0 aromatic rings. The Kier molecular flexibility index (Phi) is 9.28. The lowest BCUT2D eigenvalue weighted by Crippen LogP contribution is -2.40. The Hall–Kier alpha value is -1.05. The highest BCUT2D eigenvalue weighted by molar-refractivity contribution is 5.78. The summed E-state index contributed by atoms with van der Waals surface area (Å²) >= 11 is 0. The second-order valence-corrected chi connectivity index (χ2v) is 6.26. The standard InChI is InChI=1S/C18H33NO/c1-8-17(7)18(20)19(15(4)5)13-12-16(6)11-9-10-14(2)3/h10,12,15,17H,8-9,11,13H2,1-7H3/b16-12-. The lowest BCUT2D eigenvalue weighted by atomic mass is 10.1. The molecule has 0 bridgehead atoms. The molecule has 1 atom stereocenters. The van der Waals surface area contributed by atoms with Crippen molar-refractivity contribution >= 4 is 5.91 Å². The lowest BCUT2D eigenvalue weighted by Gasteiger charge is -2.28. The van der Waals surface area contributed by atoms with Crippen LogP contribution in [0.15, 0.2) is 23.3 Å². The summed E-state index contributed by atoms with van der Waals surface area (Å²) in [5, 5.41) is 0. The molecule has 2 heteroatoms. The van der Waals surface area contributed by atoms with Gasteiger partial charge < -0.3 is 4.90 Å². The maximum absolute atomic E-state index is 12.3. The molecule has 0 saturated carbocycles. The zero-order valence-electron chi connectivity index (χ0n) is 14.5. The van der Waals surface area contributed by atoms with Gasteiger partial charge in [0.2, 0.25) is 5.91 Å². The second-order valence-electron chi connectivity index (χ2n) is 6.26. The van der Waals surface area contributed by atoms with Gasteiger partial charge in [-0.05, 0) is 53.9 Å². The average Bonchev–Trinajstić information content (AvgIpc) is 2.36. The van der Waals surface area contributed by atoms with E-state index in [9.17, 15) is 4.79 Å². The minimum Gasteiger partial charge on any atom is -0.336 e. The smallest absolute Gasteiger partial charge is 0.225 e. The highest BCUT2D eigenvalue weighted by Gasteiger charge is 2.20. The molecule has 0 N–H and O–H groups in total.